The molecule has 0 spiro atoms. The summed E-state index contributed by atoms with van der Waals surface area (Å²) in [4.78, 5) is 69.0. The fraction of sp³-hybridized carbons (Fsp3) is 0.424. The number of hydrogen-bond donors (Lipinski definition) is 2. The minimum Gasteiger partial charge on any atom is -0.508 e. The quantitative estimate of drug-likeness (QED) is 0.239. The van der Waals surface area contributed by atoms with E-state index in [1.165, 1.54) is 29.2 Å². The van der Waals surface area contributed by atoms with Crippen LogP contribution < -0.4 is 4.90 Å². The van der Waals surface area contributed by atoms with E-state index in [2.05, 4.69) is 0 Å². The second-order valence-corrected chi connectivity index (χ2v) is 12.8. The largest absolute Gasteiger partial charge is 0.508 e. The molecule has 230 valence electrons. The van der Waals surface area contributed by atoms with E-state index in [0.717, 1.165) is 16.5 Å². The van der Waals surface area contributed by atoms with Crippen molar-refractivity contribution < 1.29 is 38.6 Å². The van der Waals surface area contributed by atoms with Crippen molar-refractivity contribution in [3.8, 4) is 5.75 Å². The lowest BCUT2D eigenvalue weighted by molar-refractivity contribution is -0.141. The van der Waals surface area contributed by atoms with Crippen LogP contribution in [-0.4, -0.2) is 51.3 Å². The summed E-state index contributed by atoms with van der Waals surface area (Å²) < 4.78 is 14.0. The summed E-state index contributed by atoms with van der Waals surface area (Å²) in [6, 6.07) is 10.1. The number of benzene rings is 2. The Morgan fingerprint density at radius 3 is 2.41 bits per heavy atom. The van der Waals surface area contributed by atoms with Crippen molar-refractivity contribution in [2.24, 2.45) is 29.1 Å². The van der Waals surface area contributed by atoms with Crippen molar-refractivity contribution in [1.29, 1.82) is 0 Å². The molecule has 2 aliphatic carbocycles. The number of aromatic hydroxyl groups is 1. The molecule has 4 amide bonds. The van der Waals surface area contributed by atoms with Gasteiger partial charge in [-0.1, -0.05) is 41.8 Å². The molecule has 2 heterocycles. The summed E-state index contributed by atoms with van der Waals surface area (Å²) in [7, 11) is 0. The molecule has 9 nitrogen and oxygen atoms in total. The third-order valence-corrected chi connectivity index (χ3v) is 10.3. The number of anilines is 1. The van der Waals surface area contributed by atoms with E-state index < -0.39 is 58.6 Å². The summed E-state index contributed by atoms with van der Waals surface area (Å²) >= 11 is 6.03. The Bertz CT molecular complexity index is 1610. The number of unbranched alkanes of at least 4 members (excludes halogenated alkanes) is 2. The number of phenols is 1. The minimum atomic E-state index is -1.26. The van der Waals surface area contributed by atoms with Crippen LogP contribution in [0.5, 0.6) is 5.75 Å². The fourth-order valence-corrected chi connectivity index (χ4v) is 8.12. The molecule has 0 bridgehead atoms. The van der Waals surface area contributed by atoms with E-state index in [-0.39, 0.29) is 47.7 Å². The van der Waals surface area contributed by atoms with Gasteiger partial charge in [-0.05, 0) is 74.4 Å². The van der Waals surface area contributed by atoms with Crippen LogP contribution in [0, 0.1) is 34.9 Å². The molecule has 0 aromatic heterocycles. The number of likely N-dealkylation sites (tertiary alicyclic amines) is 1. The van der Waals surface area contributed by atoms with Gasteiger partial charge in [0.1, 0.15) is 11.6 Å². The van der Waals surface area contributed by atoms with E-state index in [9.17, 15) is 33.5 Å². The van der Waals surface area contributed by atoms with Crippen molar-refractivity contribution >= 4 is 46.9 Å². The lowest BCUT2D eigenvalue weighted by Crippen LogP contribution is -2.48. The standard InChI is InChI=1S/C33H32ClFN2O7/c1-33-23(30(42)37(32(33)44)18-8-13-25(35)24(34)15-18)16-22-20(28(33)17-6-9-19(38)10-7-17)11-12-21-27(22)31(43)36(29(21)41)14-4-2-3-5-26(39)40/h6-11,13,15,21-23,27-28,38H,2-5,12,14,16H2,1H3,(H,39,40). The molecule has 1 saturated carbocycles. The third-order valence-electron chi connectivity index (χ3n) is 10.0. The van der Waals surface area contributed by atoms with Crippen LogP contribution in [0.2, 0.25) is 5.02 Å². The number of imide groups is 2. The number of fused-ring (bicyclic) bond motifs is 4. The highest BCUT2D eigenvalue weighted by atomic mass is 35.5. The molecule has 0 radical (unpaired) electrons. The number of carboxylic acids is 1. The molecular formula is C33H32ClFN2O7. The topological polar surface area (TPSA) is 132 Å². The van der Waals surface area contributed by atoms with Gasteiger partial charge in [0.2, 0.25) is 23.6 Å². The molecule has 2 aromatic rings. The van der Waals surface area contributed by atoms with Crippen LogP contribution in [0.15, 0.2) is 54.1 Å². The first-order chi connectivity index (χ1) is 20.9. The maximum atomic E-state index is 14.3. The van der Waals surface area contributed by atoms with Crippen LogP contribution in [0.1, 0.15) is 56.9 Å². The zero-order valence-electron chi connectivity index (χ0n) is 24.0. The van der Waals surface area contributed by atoms with Crippen molar-refractivity contribution in [3.05, 3.63) is 70.5 Å². The first-order valence-corrected chi connectivity index (χ1v) is 15.2. The zero-order valence-corrected chi connectivity index (χ0v) is 24.8. The number of allylic oxidation sites excluding steroid dienone is 2. The smallest absolute Gasteiger partial charge is 0.303 e. The number of carboxylic acid groups (broad SMARTS) is 1. The summed E-state index contributed by atoms with van der Waals surface area (Å²) in [6.45, 7) is 1.94. The van der Waals surface area contributed by atoms with E-state index >= 15 is 0 Å². The van der Waals surface area contributed by atoms with Crippen LogP contribution in [0.3, 0.4) is 0 Å². The minimum absolute atomic E-state index is 0.0230. The summed E-state index contributed by atoms with van der Waals surface area (Å²) in [6.07, 6.45) is 3.97. The molecular weight excluding hydrogens is 591 g/mol. The molecule has 3 fully saturated rings. The lowest BCUT2D eigenvalue weighted by atomic mass is 9.51. The van der Waals surface area contributed by atoms with Gasteiger partial charge >= 0.3 is 5.97 Å². The lowest BCUT2D eigenvalue weighted by Gasteiger charge is -2.49. The third kappa shape index (κ3) is 4.62. The highest BCUT2D eigenvalue weighted by Crippen LogP contribution is 2.63. The van der Waals surface area contributed by atoms with Gasteiger partial charge in [0, 0.05) is 18.9 Å². The average molecular weight is 623 g/mol. The molecule has 2 saturated heterocycles. The van der Waals surface area contributed by atoms with Crippen LogP contribution in [0.4, 0.5) is 10.1 Å². The van der Waals surface area contributed by atoms with Crippen molar-refractivity contribution in [1.82, 2.24) is 4.90 Å². The number of phenolic OH excluding ortho intramolecular Hbond substituents is 1. The van der Waals surface area contributed by atoms with Crippen LogP contribution in [0.25, 0.3) is 0 Å². The highest BCUT2D eigenvalue weighted by Gasteiger charge is 2.67. The molecule has 2 aliphatic heterocycles. The Labute approximate surface area is 258 Å². The maximum Gasteiger partial charge on any atom is 0.303 e. The van der Waals surface area contributed by atoms with Crippen molar-refractivity contribution in [2.45, 2.75) is 51.4 Å². The molecule has 6 rings (SSSR count). The van der Waals surface area contributed by atoms with Gasteiger partial charge in [0.05, 0.1) is 33.9 Å². The van der Waals surface area contributed by atoms with Gasteiger partial charge in [-0.3, -0.25) is 28.9 Å². The second-order valence-electron chi connectivity index (χ2n) is 12.4. The molecule has 6 atom stereocenters. The molecule has 44 heavy (non-hydrogen) atoms. The molecule has 4 aliphatic rings. The zero-order chi connectivity index (χ0) is 31.5. The number of aliphatic carboxylic acids is 1. The van der Waals surface area contributed by atoms with Gasteiger partial charge in [-0.15, -0.1) is 0 Å². The Morgan fingerprint density at radius 1 is 1.00 bits per heavy atom. The SMILES string of the molecule is CC12C(=O)N(c3ccc(F)c(Cl)c3)C(=O)C1CC1C(=CCC3C(=O)N(CCCCCC(=O)O)C(=O)C31)C2c1ccc(O)cc1. The van der Waals surface area contributed by atoms with E-state index in [1.54, 1.807) is 19.1 Å². The number of halogens is 2. The van der Waals surface area contributed by atoms with Crippen LogP contribution >= 0.6 is 11.6 Å². The Balaban J connectivity index is 1.37. The van der Waals surface area contributed by atoms with Gasteiger partial charge < -0.3 is 10.2 Å². The predicted molar refractivity (Wildman–Crippen MR) is 157 cm³/mol. The molecule has 2 aromatic carbocycles. The fourth-order valence-electron chi connectivity index (χ4n) is 7.94. The summed E-state index contributed by atoms with van der Waals surface area (Å²) in [5, 5.41) is 18.7. The normalized spacial score (nSPS) is 29.4. The van der Waals surface area contributed by atoms with Crippen molar-refractivity contribution in [3.63, 3.8) is 0 Å². The van der Waals surface area contributed by atoms with Gasteiger partial charge in [-0.25, -0.2) is 9.29 Å². The number of carbonyl (C=O) groups excluding carboxylic acids is 4. The number of carbonyl (C=O) groups is 5. The van der Waals surface area contributed by atoms with E-state index in [1.807, 2.05) is 6.08 Å². The maximum absolute atomic E-state index is 14.3. The van der Waals surface area contributed by atoms with Crippen molar-refractivity contribution in [2.75, 3.05) is 11.4 Å². The first-order valence-electron chi connectivity index (χ1n) is 14.8. The van der Waals surface area contributed by atoms with Gasteiger partial charge in [0.15, 0.2) is 0 Å². The Hall–Kier alpha value is -4.05. The molecule has 2 N–H and O–H groups in total. The Morgan fingerprint density at radius 2 is 1.73 bits per heavy atom. The van der Waals surface area contributed by atoms with Crippen LogP contribution in [-0.2, 0) is 24.0 Å². The van der Waals surface area contributed by atoms with Gasteiger partial charge in [-0.2, -0.15) is 0 Å². The molecule has 11 heteroatoms. The summed E-state index contributed by atoms with van der Waals surface area (Å²) in [5.74, 6) is -6.27. The van der Waals surface area contributed by atoms with E-state index in [4.69, 9.17) is 16.7 Å². The number of nitrogens with zero attached hydrogens (tertiary/aromatic N) is 2. The Kier molecular flexibility index (Phi) is 7.60. The first kappa shape index (κ1) is 30.0. The predicted octanol–water partition coefficient (Wildman–Crippen LogP) is 5.06. The highest BCUT2D eigenvalue weighted by molar-refractivity contribution is 6.31. The summed E-state index contributed by atoms with van der Waals surface area (Å²) in [5.41, 5.74) is 0.402. The van der Waals surface area contributed by atoms with Gasteiger partial charge in [0.25, 0.3) is 0 Å². The number of hydrogen-bond acceptors (Lipinski definition) is 6. The number of rotatable bonds is 8. The van der Waals surface area contributed by atoms with E-state index in [0.29, 0.717) is 31.2 Å². The molecule has 6 unspecified atom stereocenters. The average Bonchev–Trinajstić information content (AvgIpc) is 3.34. The second kappa shape index (κ2) is 11.1. The monoisotopic (exact) mass is 622 g/mol. The number of amides is 4.